The first-order valence-electron chi connectivity index (χ1n) is 10.6. The minimum absolute atomic E-state index is 0.368. The molecular weight excluding hydrogens is 412 g/mol. The van der Waals surface area contributed by atoms with Gasteiger partial charge in [0.1, 0.15) is 30.2 Å². The molecule has 2 fully saturated rings. The van der Waals surface area contributed by atoms with Crippen LogP contribution in [0, 0.1) is 0 Å². The third-order valence-corrected chi connectivity index (χ3v) is 5.70. The lowest BCUT2D eigenvalue weighted by Gasteiger charge is -2.41. The lowest BCUT2D eigenvalue weighted by atomic mass is 9.98. The third kappa shape index (κ3) is 5.04. The van der Waals surface area contributed by atoms with E-state index in [0.29, 0.717) is 13.2 Å². The maximum atomic E-state index is 6.36. The lowest BCUT2D eigenvalue weighted by Crippen LogP contribution is -2.57. The zero-order valence-electron chi connectivity index (χ0n) is 18.6. The summed E-state index contributed by atoms with van der Waals surface area (Å²) in [6.45, 7) is 6.40. The van der Waals surface area contributed by atoms with Crippen molar-refractivity contribution >= 4 is 0 Å². The molecule has 0 spiro atoms. The van der Waals surface area contributed by atoms with E-state index in [-0.39, 0.29) is 0 Å². The summed E-state index contributed by atoms with van der Waals surface area (Å²) in [5, 5.41) is 0. The standard InChI is InChI=1S/C25H30O7/c1-5-20-21(28-16-18-11-13-19(26-3)14-12-18)22(29-15-17-9-7-6-8-10-17)23-24(30-20)32-25(2,27-4)31-23/h5-14,20-24H,1,15-16H2,2-4H3/t20-,21+,22-,23+,24+,25-/m0/s1. The maximum absolute atomic E-state index is 6.36. The minimum atomic E-state index is -1.22. The Morgan fingerprint density at radius 1 is 0.906 bits per heavy atom. The summed E-state index contributed by atoms with van der Waals surface area (Å²) in [6.07, 6.45) is -0.850. The highest BCUT2D eigenvalue weighted by Gasteiger charge is 2.57. The van der Waals surface area contributed by atoms with Crippen molar-refractivity contribution in [3.63, 3.8) is 0 Å². The van der Waals surface area contributed by atoms with Crippen molar-refractivity contribution in [2.45, 2.75) is 56.8 Å². The van der Waals surface area contributed by atoms with E-state index >= 15 is 0 Å². The molecule has 0 bridgehead atoms. The molecule has 0 aliphatic carbocycles. The Bertz CT molecular complexity index is 872. The second-order valence-electron chi connectivity index (χ2n) is 7.86. The maximum Gasteiger partial charge on any atom is 0.282 e. The van der Waals surface area contributed by atoms with E-state index < -0.39 is 36.7 Å². The van der Waals surface area contributed by atoms with Crippen molar-refractivity contribution < 1.29 is 33.2 Å². The Balaban J connectivity index is 1.54. The van der Waals surface area contributed by atoms with Gasteiger partial charge in [0.05, 0.1) is 20.3 Å². The van der Waals surface area contributed by atoms with Crippen LogP contribution < -0.4 is 4.74 Å². The largest absolute Gasteiger partial charge is 0.497 e. The molecule has 0 radical (unpaired) electrons. The molecule has 7 heteroatoms. The van der Waals surface area contributed by atoms with Crippen LogP contribution in [0.5, 0.6) is 5.75 Å². The van der Waals surface area contributed by atoms with Crippen LogP contribution in [0.15, 0.2) is 67.3 Å². The van der Waals surface area contributed by atoms with E-state index in [4.69, 9.17) is 33.2 Å². The highest BCUT2D eigenvalue weighted by molar-refractivity contribution is 5.26. The van der Waals surface area contributed by atoms with E-state index in [1.54, 1.807) is 20.1 Å². The number of rotatable bonds is 9. The number of ether oxygens (including phenoxy) is 7. The number of methoxy groups -OCH3 is 2. The monoisotopic (exact) mass is 442 g/mol. The molecule has 2 aliphatic rings. The van der Waals surface area contributed by atoms with Crippen molar-refractivity contribution in [2.24, 2.45) is 0 Å². The first-order chi connectivity index (χ1) is 15.5. The van der Waals surface area contributed by atoms with Gasteiger partial charge in [-0.2, -0.15) is 0 Å². The zero-order chi connectivity index (χ0) is 22.6. The van der Waals surface area contributed by atoms with Crippen LogP contribution in [0.2, 0.25) is 0 Å². The van der Waals surface area contributed by atoms with Crippen LogP contribution >= 0.6 is 0 Å². The average molecular weight is 443 g/mol. The smallest absolute Gasteiger partial charge is 0.282 e. The summed E-state index contributed by atoms with van der Waals surface area (Å²) < 4.78 is 41.4. The van der Waals surface area contributed by atoms with Gasteiger partial charge < -0.3 is 28.4 Å². The molecule has 0 N–H and O–H groups in total. The summed E-state index contributed by atoms with van der Waals surface area (Å²) in [5.74, 6) is -0.429. The topological polar surface area (TPSA) is 64.6 Å². The Morgan fingerprint density at radius 3 is 2.19 bits per heavy atom. The highest BCUT2D eigenvalue weighted by atomic mass is 16.9. The van der Waals surface area contributed by atoms with Gasteiger partial charge in [0.2, 0.25) is 0 Å². The first kappa shape index (κ1) is 22.9. The predicted molar refractivity (Wildman–Crippen MR) is 117 cm³/mol. The molecule has 0 amide bonds. The molecule has 0 unspecified atom stereocenters. The van der Waals surface area contributed by atoms with Crippen LogP contribution in [0.1, 0.15) is 18.1 Å². The number of benzene rings is 2. The molecule has 6 atom stereocenters. The molecule has 2 heterocycles. The Kier molecular flexibility index (Phi) is 7.25. The summed E-state index contributed by atoms with van der Waals surface area (Å²) in [6, 6.07) is 17.7. The summed E-state index contributed by atoms with van der Waals surface area (Å²) in [4.78, 5) is 0. The van der Waals surface area contributed by atoms with Crippen LogP contribution in [0.3, 0.4) is 0 Å². The Labute approximate surface area is 188 Å². The van der Waals surface area contributed by atoms with Gasteiger partial charge in [-0.3, -0.25) is 4.74 Å². The third-order valence-electron chi connectivity index (χ3n) is 5.70. The Hall–Kier alpha value is -2.26. The molecule has 0 saturated carbocycles. The van der Waals surface area contributed by atoms with Crippen LogP contribution in [-0.4, -0.2) is 50.9 Å². The second-order valence-corrected chi connectivity index (χ2v) is 7.86. The van der Waals surface area contributed by atoms with E-state index in [9.17, 15) is 0 Å². The van der Waals surface area contributed by atoms with Gasteiger partial charge in [-0.1, -0.05) is 48.5 Å². The molecule has 172 valence electrons. The SMILES string of the molecule is C=C[C@@H]1O[C@@H]2O[C@@](C)(OC)O[C@@H]2[C@@H](OCc2ccccc2)[C@@H]1OCc1ccc(OC)cc1. The van der Waals surface area contributed by atoms with Crippen molar-refractivity contribution in [2.75, 3.05) is 14.2 Å². The molecule has 4 rings (SSSR count). The lowest BCUT2D eigenvalue weighted by molar-refractivity contribution is -0.332. The molecule has 0 aromatic heterocycles. The van der Waals surface area contributed by atoms with E-state index in [2.05, 4.69) is 6.58 Å². The fraction of sp³-hybridized carbons (Fsp3) is 0.440. The summed E-state index contributed by atoms with van der Waals surface area (Å²) in [7, 11) is 3.17. The normalized spacial score (nSPS) is 31.8. The predicted octanol–water partition coefficient (Wildman–Crippen LogP) is 3.81. The number of hydrogen-bond donors (Lipinski definition) is 0. The fourth-order valence-corrected chi connectivity index (χ4v) is 3.89. The summed E-state index contributed by atoms with van der Waals surface area (Å²) >= 11 is 0. The van der Waals surface area contributed by atoms with Gasteiger partial charge in [0.15, 0.2) is 6.29 Å². The zero-order valence-corrected chi connectivity index (χ0v) is 18.6. The first-order valence-corrected chi connectivity index (χ1v) is 10.6. The van der Waals surface area contributed by atoms with E-state index in [1.807, 2.05) is 54.6 Å². The number of fused-ring (bicyclic) bond motifs is 1. The van der Waals surface area contributed by atoms with E-state index in [0.717, 1.165) is 16.9 Å². The van der Waals surface area contributed by atoms with Crippen LogP contribution in [0.25, 0.3) is 0 Å². The van der Waals surface area contributed by atoms with Gasteiger partial charge in [0, 0.05) is 14.0 Å². The molecule has 2 aromatic rings. The molecule has 32 heavy (non-hydrogen) atoms. The number of hydrogen-bond acceptors (Lipinski definition) is 7. The summed E-state index contributed by atoms with van der Waals surface area (Å²) in [5.41, 5.74) is 2.05. The highest BCUT2D eigenvalue weighted by Crippen LogP contribution is 2.39. The van der Waals surface area contributed by atoms with Crippen molar-refractivity contribution in [1.29, 1.82) is 0 Å². The van der Waals surface area contributed by atoms with Gasteiger partial charge in [-0.25, -0.2) is 0 Å². The van der Waals surface area contributed by atoms with Gasteiger partial charge in [-0.15, -0.1) is 6.58 Å². The van der Waals surface area contributed by atoms with Crippen molar-refractivity contribution in [3.8, 4) is 5.75 Å². The fourth-order valence-electron chi connectivity index (χ4n) is 3.89. The van der Waals surface area contributed by atoms with Gasteiger partial charge in [-0.05, 0) is 23.3 Å². The molecule has 7 nitrogen and oxygen atoms in total. The molecule has 2 aromatic carbocycles. The Morgan fingerprint density at radius 2 is 1.56 bits per heavy atom. The van der Waals surface area contributed by atoms with Crippen LogP contribution in [0.4, 0.5) is 0 Å². The van der Waals surface area contributed by atoms with E-state index in [1.165, 1.54) is 7.11 Å². The second kappa shape index (κ2) is 10.1. The van der Waals surface area contributed by atoms with Gasteiger partial charge in [0.25, 0.3) is 5.97 Å². The van der Waals surface area contributed by atoms with Crippen molar-refractivity contribution in [3.05, 3.63) is 78.4 Å². The molecule has 2 aliphatic heterocycles. The van der Waals surface area contributed by atoms with Gasteiger partial charge >= 0.3 is 0 Å². The average Bonchev–Trinajstić information content (AvgIpc) is 3.18. The minimum Gasteiger partial charge on any atom is -0.497 e. The molecule has 2 saturated heterocycles. The quantitative estimate of drug-likeness (QED) is 0.547. The molecular formula is C25H30O7. The van der Waals surface area contributed by atoms with Crippen LogP contribution in [-0.2, 0) is 41.6 Å². The van der Waals surface area contributed by atoms with Crippen molar-refractivity contribution in [1.82, 2.24) is 0 Å².